The first-order valence-corrected chi connectivity index (χ1v) is 8.14. The summed E-state index contributed by atoms with van der Waals surface area (Å²) in [6, 6.07) is 15.3. The maximum Gasteiger partial charge on any atom is 0.139 e. The van der Waals surface area contributed by atoms with Crippen molar-refractivity contribution in [2.45, 2.75) is 19.3 Å². The van der Waals surface area contributed by atoms with Gasteiger partial charge in [-0.1, -0.05) is 12.5 Å². The molecule has 1 radical (unpaired) electrons. The predicted octanol–water partition coefficient (Wildman–Crippen LogP) is 3.85. The molecule has 1 N–H and O–H groups in total. The molecular weight excluding hydrogens is 290 g/mol. The zero-order chi connectivity index (χ0) is 15.9. The quantitative estimate of drug-likeness (QED) is 0.880. The molecule has 4 nitrogen and oxygen atoms in total. The van der Waals surface area contributed by atoms with Crippen LogP contribution in [-0.4, -0.2) is 36.2 Å². The Kier molecular flexibility index (Phi) is 5.37. The Morgan fingerprint density at radius 1 is 0.957 bits per heavy atom. The summed E-state index contributed by atoms with van der Waals surface area (Å²) in [7, 11) is 0. The van der Waals surface area contributed by atoms with Gasteiger partial charge in [-0.25, -0.2) is 0 Å². The minimum atomic E-state index is 0.0696. The van der Waals surface area contributed by atoms with Gasteiger partial charge in [0.15, 0.2) is 0 Å². The van der Waals surface area contributed by atoms with Gasteiger partial charge in [-0.15, -0.1) is 0 Å². The monoisotopic (exact) mass is 312 g/mol. The Labute approximate surface area is 137 Å². The van der Waals surface area contributed by atoms with E-state index in [2.05, 4.69) is 11.0 Å². The van der Waals surface area contributed by atoms with Crippen LogP contribution >= 0.6 is 0 Å². The second-order valence-electron chi connectivity index (χ2n) is 5.72. The summed E-state index contributed by atoms with van der Waals surface area (Å²) in [4.78, 5) is 2.46. The van der Waals surface area contributed by atoms with Crippen LogP contribution in [0.5, 0.6) is 23.0 Å². The lowest BCUT2D eigenvalue weighted by molar-refractivity contribution is 0.183. The molecule has 1 fully saturated rings. The third-order valence-electron chi connectivity index (χ3n) is 3.93. The van der Waals surface area contributed by atoms with Gasteiger partial charge in [0.05, 0.1) is 6.07 Å². The zero-order valence-corrected chi connectivity index (χ0v) is 13.2. The Balaban J connectivity index is 1.47. The van der Waals surface area contributed by atoms with Gasteiger partial charge in [-0.05, 0) is 62.3 Å². The number of hydrogen-bond acceptors (Lipinski definition) is 4. The van der Waals surface area contributed by atoms with E-state index in [4.69, 9.17) is 9.47 Å². The number of ether oxygens (including phenoxy) is 2. The number of likely N-dealkylation sites (tertiary alicyclic amines) is 1. The van der Waals surface area contributed by atoms with Crippen molar-refractivity contribution < 1.29 is 14.6 Å². The number of phenols is 1. The third-order valence-corrected chi connectivity index (χ3v) is 3.93. The average Bonchev–Trinajstić information content (AvgIpc) is 2.58. The number of hydrogen-bond donors (Lipinski definition) is 1. The lowest BCUT2D eigenvalue weighted by Gasteiger charge is -2.26. The lowest BCUT2D eigenvalue weighted by Crippen LogP contribution is -2.33. The van der Waals surface area contributed by atoms with E-state index >= 15 is 0 Å². The van der Waals surface area contributed by atoms with Crippen molar-refractivity contribution in [1.29, 1.82) is 0 Å². The molecule has 2 aromatic rings. The molecule has 0 unspecified atom stereocenters. The molecule has 1 heterocycles. The van der Waals surface area contributed by atoms with Crippen LogP contribution < -0.4 is 9.47 Å². The van der Waals surface area contributed by atoms with E-state index in [1.807, 2.05) is 24.3 Å². The molecule has 4 heteroatoms. The Morgan fingerprint density at radius 3 is 2.43 bits per heavy atom. The molecule has 1 saturated heterocycles. The lowest BCUT2D eigenvalue weighted by atomic mass is 10.1. The van der Waals surface area contributed by atoms with Gasteiger partial charge in [-0.2, -0.15) is 0 Å². The molecular formula is C19H22NO3. The van der Waals surface area contributed by atoms with Crippen molar-refractivity contribution in [2.24, 2.45) is 0 Å². The Bertz CT molecular complexity index is 606. The summed E-state index contributed by atoms with van der Waals surface area (Å²) in [6.07, 6.45) is 3.96. The molecule has 0 atom stereocenters. The fourth-order valence-corrected chi connectivity index (χ4v) is 2.70. The van der Waals surface area contributed by atoms with E-state index in [-0.39, 0.29) is 5.75 Å². The van der Waals surface area contributed by atoms with Crippen LogP contribution in [0.25, 0.3) is 0 Å². The van der Waals surface area contributed by atoms with Crippen LogP contribution in [0.3, 0.4) is 0 Å². The first-order valence-electron chi connectivity index (χ1n) is 8.14. The van der Waals surface area contributed by atoms with E-state index in [1.165, 1.54) is 32.4 Å². The molecule has 0 saturated carbocycles. The van der Waals surface area contributed by atoms with Crippen LogP contribution in [-0.2, 0) is 0 Å². The first kappa shape index (κ1) is 15.7. The standard InChI is InChI=1S/C19H22NO3/c21-16-5-4-6-19(15-16)23-18-9-7-17(8-10-18)22-14-13-20-11-2-1-3-12-20/h4-10,21H,1-3,11-14H2. The largest absolute Gasteiger partial charge is 0.507 e. The average molecular weight is 312 g/mol. The van der Waals surface area contributed by atoms with Crippen molar-refractivity contribution >= 4 is 0 Å². The highest BCUT2D eigenvalue weighted by Gasteiger charge is 2.09. The van der Waals surface area contributed by atoms with Crippen molar-refractivity contribution in [1.82, 2.24) is 4.90 Å². The van der Waals surface area contributed by atoms with Crippen LogP contribution in [0.15, 0.2) is 42.5 Å². The Hall–Kier alpha value is -2.20. The molecule has 3 rings (SSSR count). The van der Waals surface area contributed by atoms with Crippen molar-refractivity contribution in [3.63, 3.8) is 0 Å². The minimum absolute atomic E-state index is 0.0696. The molecule has 1 aliphatic heterocycles. The fourth-order valence-electron chi connectivity index (χ4n) is 2.70. The highest BCUT2D eigenvalue weighted by atomic mass is 16.5. The van der Waals surface area contributed by atoms with E-state index in [0.717, 1.165) is 12.3 Å². The third kappa shape index (κ3) is 4.89. The maximum absolute atomic E-state index is 9.38. The van der Waals surface area contributed by atoms with Crippen molar-refractivity contribution in [3.05, 3.63) is 48.5 Å². The number of piperidine rings is 1. The van der Waals surface area contributed by atoms with E-state index in [0.29, 0.717) is 18.1 Å². The van der Waals surface area contributed by atoms with Gasteiger partial charge < -0.3 is 14.6 Å². The molecule has 121 valence electrons. The van der Waals surface area contributed by atoms with Crippen LogP contribution in [0.4, 0.5) is 0 Å². The fraction of sp³-hybridized carbons (Fsp3) is 0.368. The second-order valence-corrected chi connectivity index (χ2v) is 5.72. The van der Waals surface area contributed by atoms with Crippen LogP contribution in [0, 0.1) is 6.07 Å². The molecule has 2 aromatic carbocycles. The van der Waals surface area contributed by atoms with E-state index in [1.54, 1.807) is 18.2 Å². The van der Waals surface area contributed by atoms with Crippen LogP contribution in [0.2, 0.25) is 0 Å². The van der Waals surface area contributed by atoms with Gasteiger partial charge in [0.25, 0.3) is 0 Å². The summed E-state index contributed by atoms with van der Waals surface area (Å²) in [5, 5.41) is 9.38. The highest BCUT2D eigenvalue weighted by molar-refractivity contribution is 5.37. The van der Waals surface area contributed by atoms with E-state index in [9.17, 15) is 5.11 Å². The van der Waals surface area contributed by atoms with Gasteiger partial charge in [0, 0.05) is 6.54 Å². The zero-order valence-electron chi connectivity index (χ0n) is 13.2. The SMILES string of the molecule is Oc1[c]c(Oc2ccc(OCCN3CCCCC3)cc2)ccc1. The normalized spacial score (nSPS) is 15.3. The van der Waals surface area contributed by atoms with Crippen molar-refractivity contribution in [3.8, 4) is 23.0 Å². The number of rotatable bonds is 6. The van der Waals surface area contributed by atoms with Gasteiger partial charge in [0.1, 0.15) is 29.6 Å². The summed E-state index contributed by atoms with van der Waals surface area (Å²) in [5.74, 6) is 2.09. The number of aromatic hydroxyl groups is 1. The molecule has 0 aliphatic carbocycles. The smallest absolute Gasteiger partial charge is 0.139 e. The van der Waals surface area contributed by atoms with Gasteiger partial charge >= 0.3 is 0 Å². The molecule has 0 aromatic heterocycles. The number of phenolic OH excluding ortho intramolecular Hbond substituents is 1. The van der Waals surface area contributed by atoms with E-state index < -0.39 is 0 Å². The summed E-state index contributed by atoms with van der Waals surface area (Å²) < 4.78 is 11.4. The number of nitrogens with zero attached hydrogens (tertiary/aromatic N) is 1. The molecule has 0 amide bonds. The Morgan fingerprint density at radius 2 is 1.70 bits per heavy atom. The highest BCUT2D eigenvalue weighted by Crippen LogP contribution is 2.25. The summed E-state index contributed by atoms with van der Waals surface area (Å²) in [6.45, 7) is 4.07. The summed E-state index contributed by atoms with van der Waals surface area (Å²) in [5.41, 5.74) is 0. The molecule has 0 spiro atoms. The first-order chi connectivity index (χ1) is 11.3. The van der Waals surface area contributed by atoms with Crippen molar-refractivity contribution in [2.75, 3.05) is 26.2 Å². The molecule has 0 bridgehead atoms. The topological polar surface area (TPSA) is 41.9 Å². The van der Waals surface area contributed by atoms with Gasteiger partial charge in [-0.3, -0.25) is 4.90 Å². The van der Waals surface area contributed by atoms with Gasteiger partial charge in [0.2, 0.25) is 0 Å². The maximum atomic E-state index is 9.38. The summed E-state index contributed by atoms with van der Waals surface area (Å²) >= 11 is 0. The minimum Gasteiger partial charge on any atom is -0.507 e. The van der Waals surface area contributed by atoms with Crippen LogP contribution in [0.1, 0.15) is 19.3 Å². The number of benzene rings is 2. The molecule has 23 heavy (non-hydrogen) atoms. The predicted molar refractivity (Wildman–Crippen MR) is 89.2 cm³/mol. The second kappa shape index (κ2) is 7.88. The molecule has 1 aliphatic rings.